The van der Waals surface area contributed by atoms with E-state index in [-0.39, 0.29) is 29.5 Å². The van der Waals surface area contributed by atoms with E-state index in [1.165, 1.54) is 18.0 Å². The van der Waals surface area contributed by atoms with Crippen LogP contribution in [0.15, 0.2) is 17.0 Å². The molecule has 0 heterocycles. The highest BCUT2D eigenvalue weighted by Crippen LogP contribution is 2.27. The number of rotatable bonds is 7. The molecule has 1 amide bonds. The fraction of sp³-hybridized carbons (Fsp3) is 0.533. The van der Waals surface area contributed by atoms with Crippen LogP contribution in [0.2, 0.25) is 0 Å². The first-order chi connectivity index (χ1) is 11.3. The Bertz CT molecular complexity index is 861. The summed E-state index contributed by atoms with van der Waals surface area (Å²) in [6, 6.07) is 2.96. The largest absolute Gasteiger partial charge is 0.349 e. The monoisotopic (exact) mass is 391 g/mol. The lowest BCUT2D eigenvalue weighted by atomic mass is 10.1. The molecule has 0 spiro atoms. The van der Waals surface area contributed by atoms with Crippen LogP contribution in [0.5, 0.6) is 0 Å². The summed E-state index contributed by atoms with van der Waals surface area (Å²) in [5.74, 6) is -0.194. The third kappa shape index (κ3) is 5.41. The second-order valence-electron chi connectivity index (χ2n) is 6.07. The van der Waals surface area contributed by atoms with Crippen molar-refractivity contribution in [2.75, 3.05) is 38.2 Å². The molecule has 0 saturated heterocycles. The Balaban J connectivity index is 3.17. The number of nitrogens with zero attached hydrogens (tertiary/aromatic N) is 2. The average Bonchev–Trinajstić information content (AvgIpc) is 2.44. The Morgan fingerprint density at radius 3 is 2.08 bits per heavy atom. The average molecular weight is 392 g/mol. The summed E-state index contributed by atoms with van der Waals surface area (Å²) < 4.78 is 52.0. The van der Waals surface area contributed by atoms with Crippen LogP contribution in [-0.4, -0.2) is 61.6 Å². The van der Waals surface area contributed by atoms with Crippen molar-refractivity contribution in [2.24, 2.45) is 0 Å². The number of aryl methyl sites for hydroxylation is 2. The molecule has 0 unspecified atom stereocenters. The van der Waals surface area contributed by atoms with E-state index in [1.807, 2.05) is 0 Å². The Hall–Kier alpha value is -1.65. The van der Waals surface area contributed by atoms with Crippen LogP contribution in [0.3, 0.4) is 0 Å². The highest BCUT2D eigenvalue weighted by molar-refractivity contribution is 7.92. The number of hydrogen-bond donors (Lipinski definition) is 1. The Kier molecular flexibility index (Phi) is 6.60. The van der Waals surface area contributed by atoms with Gasteiger partial charge in [-0.25, -0.2) is 21.6 Å². The highest BCUT2D eigenvalue weighted by atomic mass is 32.2. The van der Waals surface area contributed by atoms with Crippen molar-refractivity contribution in [1.29, 1.82) is 0 Å². The minimum atomic E-state index is -3.87. The number of anilines is 1. The topological polar surface area (TPSA) is 104 Å². The van der Waals surface area contributed by atoms with Gasteiger partial charge in [-0.05, 0) is 31.0 Å². The predicted octanol–water partition coefficient (Wildman–Crippen LogP) is 0.456. The van der Waals surface area contributed by atoms with Gasteiger partial charge in [0, 0.05) is 34.1 Å². The zero-order valence-electron chi connectivity index (χ0n) is 15.3. The first-order valence-corrected chi connectivity index (χ1v) is 10.9. The number of sulfonamides is 2. The molecule has 0 radical (unpaired) electrons. The molecule has 1 rings (SSSR count). The van der Waals surface area contributed by atoms with E-state index in [0.717, 1.165) is 10.6 Å². The van der Waals surface area contributed by atoms with E-state index in [9.17, 15) is 21.6 Å². The fourth-order valence-electron chi connectivity index (χ4n) is 2.22. The number of carbonyl (C=O) groups is 1. The Labute approximate surface area is 149 Å². The fourth-order valence-corrected chi connectivity index (χ4v) is 4.05. The van der Waals surface area contributed by atoms with Crippen LogP contribution >= 0.6 is 0 Å². The smallest absolute Gasteiger partial charge is 0.240 e. The van der Waals surface area contributed by atoms with E-state index < -0.39 is 20.0 Å². The second kappa shape index (κ2) is 7.71. The highest BCUT2D eigenvalue weighted by Gasteiger charge is 2.22. The molecule has 0 aliphatic carbocycles. The van der Waals surface area contributed by atoms with E-state index in [2.05, 4.69) is 4.72 Å². The van der Waals surface area contributed by atoms with Crippen LogP contribution in [0.25, 0.3) is 0 Å². The molecular weight excluding hydrogens is 366 g/mol. The predicted molar refractivity (Wildman–Crippen MR) is 97.7 cm³/mol. The lowest BCUT2D eigenvalue weighted by molar-refractivity contribution is -0.128. The third-order valence-electron chi connectivity index (χ3n) is 3.75. The zero-order valence-corrected chi connectivity index (χ0v) is 17.0. The summed E-state index contributed by atoms with van der Waals surface area (Å²) in [6.07, 6.45) is 1.08. The molecule has 1 aromatic carbocycles. The van der Waals surface area contributed by atoms with Gasteiger partial charge in [0.25, 0.3) is 0 Å². The molecule has 25 heavy (non-hydrogen) atoms. The number of amides is 1. The summed E-state index contributed by atoms with van der Waals surface area (Å²) in [6.45, 7) is 3.31. The van der Waals surface area contributed by atoms with Gasteiger partial charge in [-0.1, -0.05) is 6.07 Å². The van der Waals surface area contributed by atoms with Gasteiger partial charge in [0.2, 0.25) is 26.0 Å². The zero-order chi connectivity index (χ0) is 19.6. The van der Waals surface area contributed by atoms with Crippen molar-refractivity contribution in [2.45, 2.75) is 25.2 Å². The molecule has 1 N–H and O–H groups in total. The van der Waals surface area contributed by atoms with Crippen molar-refractivity contribution in [3.05, 3.63) is 23.3 Å². The summed E-state index contributed by atoms with van der Waals surface area (Å²) in [4.78, 5) is 12.9. The van der Waals surface area contributed by atoms with Crippen molar-refractivity contribution in [3.63, 3.8) is 0 Å². The third-order valence-corrected chi connectivity index (χ3v) is 6.54. The van der Waals surface area contributed by atoms with Gasteiger partial charge in [0.15, 0.2) is 0 Å². The molecule has 10 heteroatoms. The summed E-state index contributed by atoms with van der Waals surface area (Å²) >= 11 is 0. The van der Waals surface area contributed by atoms with E-state index >= 15 is 0 Å². The minimum absolute atomic E-state index is 0.0131. The van der Waals surface area contributed by atoms with Crippen LogP contribution in [-0.2, 0) is 24.8 Å². The number of carbonyl (C=O) groups excluding carboxylic acids is 1. The van der Waals surface area contributed by atoms with Gasteiger partial charge in [-0.2, -0.15) is 0 Å². The number of benzene rings is 1. The maximum atomic E-state index is 12.5. The van der Waals surface area contributed by atoms with Crippen LogP contribution in [0.4, 0.5) is 5.69 Å². The lowest BCUT2D eigenvalue weighted by Crippen LogP contribution is -2.31. The lowest BCUT2D eigenvalue weighted by Gasteiger charge is -2.21. The molecule has 0 aliphatic heterocycles. The van der Waals surface area contributed by atoms with E-state index in [4.69, 9.17) is 0 Å². The maximum Gasteiger partial charge on any atom is 0.240 e. The number of hydrogen-bond acceptors (Lipinski definition) is 5. The molecule has 0 aliphatic rings. The Morgan fingerprint density at radius 1 is 1.04 bits per heavy atom. The SMILES string of the molecule is Cc1cc(C)c(S(=O)(=O)NCCC(=O)N(C)C)cc1N(C)S(C)(=O)=O. The van der Waals surface area contributed by atoms with Gasteiger partial charge in [-0.15, -0.1) is 0 Å². The first kappa shape index (κ1) is 21.4. The minimum Gasteiger partial charge on any atom is -0.349 e. The van der Waals surface area contributed by atoms with Gasteiger partial charge in [-0.3, -0.25) is 9.10 Å². The molecule has 0 bridgehead atoms. The molecule has 0 saturated carbocycles. The molecule has 0 atom stereocenters. The summed E-state index contributed by atoms with van der Waals surface area (Å²) in [5, 5.41) is 0. The van der Waals surface area contributed by atoms with Gasteiger partial charge < -0.3 is 4.90 Å². The van der Waals surface area contributed by atoms with Gasteiger partial charge >= 0.3 is 0 Å². The van der Waals surface area contributed by atoms with Crippen molar-refractivity contribution >= 4 is 31.6 Å². The molecule has 0 aromatic heterocycles. The van der Waals surface area contributed by atoms with Gasteiger partial charge in [0.05, 0.1) is 16.8 Å². The van der Waals surface area contributed by atoms with E-state index in [1.54, 1.807) is 34.0 Å². The van der Waals surface area contributed by atoms with Crippen molar-refractivity contribution in [3.8, 4) is 0 Å². The summed E-state index contributed by atoms with van der Waals surface area (Å²) in [7, 11) is -2.85. The quantitative estimate of drug-likeness (QED) is 0.727. The Morgan fingerprint density at radius 2 is 1.60 bits per heavy atom. The second-order valence-corrected chi connectivity index (χ2v) is 9.82. The summed E-state index contributed by atoms with van der Waals surface area (Å²) in [5.41, 5.74) is 1.43. The van der Waals surface area contributed by atoms with Crippen LogP contribution in [0, 0.1) is 13.8 Å². The molecule has 1 aromatic rings. The maximum absolute atomic E-state index is 12.5. The molecule has 142 valence electrons. The van der Waals surface area contributed by atoms with Crippen LogP contribution < -0.4 is 9.03 Å². The van der Waals surface area contributed by atoms with Crippen LogP contribution in [0.1, 0.15) is 17.5 Å². The van der Waals surface area contributed by atoms with Gasteiger partial charge in [0.1, 0.15) is 0 Å². The molecular formula is C15H25N3O5S2. The standard InChI is InChI=1S/C15H25N3O5S2/c1-11-9-12(2)14(10-13(11)18(5)24(6,20)21)25(22,23)16-8-7-15(19)17(3)4/h9-10,16H,7-8H2,1-6H3. The van der Waals surface area contributed by atoms with E-state index in [0.29, 0.717) is 11.1 Å². The molecule has 8 nitrogen and oxygen atoms in total. The number of nitrogens with one attached hydrogen (secondary N) is 1. The van der Waals surface area contributed by atoms with Crippen molar-refractivity contribution < 1.29 is 21.6 Å². The molecule has 0 fully saturated rings. The normalized spacial score (nSPS) is 12.1. The van der Waals surface area contributed by atoms with Crippen molar-refractivity contribution in [1.82, 2.24) is 9.62 Å². The first-order valence-electron chi connectivity index (χ1n) is 7.52.